The fraction of sp³-hybridized carbons (Fsp3) is 0.733. The number of esters is 2. The van der Waals surface area contributed by atoms with Gasteiger partial charge in [0.25, 0.3) is 0 Å². The second-order valence-electron chi connectivity index (χ2n) is 6.45. The third-order valence-electron chi connectivity index (χ3n) is 4.48. The monoisotopic (exact) mass is 282 g/mol. The smallest absolute Gasteiger partial charge is 0.330 e. The molecule has 3 atom stereocenters. The van der Waals surface area contributed by atoms with Crippen LogP contribution in [0.25, 0.3) is 0 Å². The van der Waals surface area contributed by atoms with Gasteiger partial charge in [-0.3, -0.25) is 4.79 Å². The second-order valence-corrected chi connectivity index (χ2v) is 6.45. The van der Waals surface area contributed by atoms with E-state index in [1.165, 1.54) is 20.1 Å². The highest BCUT2D eigenvalue weighted by Gasteiger charge is 2.75. The van der Waals surface area contributed by atoms with E-state index in [4.69, 9.17) is 9.47 Å². The van der Waals surface area contributed by atoms with Crippen molar-refractivity contribution in [2.24, 2.45) is 5.41 Å². The van der Waals surface area contributed by atoms with Gasteiger partial charge in [0, 0.05) is 24.8 Å². The summed E-state index contributed by atoms with van der Waals surface area (Å²) < 4.78 is 16.0. The molecule has 0 aromatic rings. The number of fused-ring (bicyclic) bond motifs is 1. The molecule has 0 bridgehead atoms. The number of carbonyl (C=O) groups excluding carboxylic acids is 2. The van der Waals surface area contributed by atoms with Crippen LogP contribution in [-0.4, -0.2) is 36.4 Å². The van der Waals surface area contributed by atoms with Crippen molar-refractivity contribution in [3.8, 4) is 0 Å². The molecular weight excluding hydrogens is 260 g/mol. The van der Waals surface area contributed by atoms with Gasteiger partial charge >= 0.3 is 11.9 Å². The average molecular weight is 282 g/mol. The Morgan fingerprint density at radius 3 is 2.40 bits per heavy atom. The molecule has 1 saturated heterocycles. The predicted octanol–water partition coefficient (Wildman–Crippen LogP) is 1.99. The number of hydrogen-bond acceptors (Lipinski definition) is 5. The molecule has 0 N–H and O–H groups in total. The number of hydrogen-bond donors (Lipinski definition) is 0. The van der Waals surface area contributed by atoms with Gasteiger partial charge in [-0.15, -0.1) is 0 Å². The van der Waals surface area contributed by atoms with Crippen LogP contribution < -0.4 is 0 Å². The zero-order valence-corrected chi connectivity index (χ0v) is 12.7. The van der Waals surface area contributed by atoms with Crippen LogP contribution >= 0.6 is 0 Å². The molecule has 20 heavy (non-hydrogen) atoms. The van der Waals surface area contributed by atoms with Gasteiger partial charge in [0.05, 0.1) is 7.11 Å². The van der Waals surface area contributed by atoms with Crippen molar-refractivity contribution in [1.82, 2.24) is 0 Å². The summed E-state index contributed by atoms with van der Waals surface area (Å²) >= 11 is 0. The maximum Gasteiger partial charge on any atom is 0.330 e. The molecule has 0 amide bonds. The minimum atomic E-state index is -0.495. The molecule has 1 aliphatic carbocycles. The molecule has 5 nitrogen and oxygen atoms in total. The highest BCUT2D eigenvalue weighted by atomic mass is 16.6. The zero-order chi connectivity index (χ0) is 15.2. The standard InChI is InChI=1S/C15H22O5/c1-10(16)19-11-8-13(2,3)15(7-6-12(17)18-5)14(4,9-11)20-15/h6-7,11H,8-9H2,1-5H3/b7-6+. The quantitative estimate of drug-likeness (QED) is 0.450. The largest absolute Gasteiger partial charge is 0.466 e. The number of methoxy groups -OCH3 is 1. The minimum absolute atomic E-state index is 0.144. The van der Waals surface area contributed by atoms with Crippen LogP contribution in [0.5, 0.6) is 0 Å². The summed E-state index contributed by atoms with van der Waals surface area (Å²) in [7, 11) is 1.35. The van der Waals surface area contributed by atoms with E-state index >= 15 is 0 Å². The number of carbonyl (C=O) groups is 2. The van der Waals surface area contributed by atoms with Gasteiger partial charge in [-0.05, 0) is 19.4 Å². The van der Waals surface area contributed by atoms with Gasteiger partial charge in [-0.1, -0.05) is 13.8 Å². The molecule has 2 aliphatic rings. The molecule has 1 aliphatic heterocycles. The van der Waals surface area contributed by atoms with E-state index in [1.807, 2.05) is 6.92 Å². The number of ether oxygens (including phenoxy) is 3. The van der Waals surface area contributed by atoms with Gasteiger partial charge < -0.3 is 14.2 Å². The Morgan fingerprint density at radius 2 is 1.90 bits per heavy atom. The predicted molar refractivity (Wildman–Crippen MR) is 71.9 cm³/mol. The summed E-state index contributed by atoms with van der Waals surface area (Å²) in [5.74, 6) is -0.664. The Morgan fingerprint density at radius 1 is 1.25 bits per heavy atom. The zero-order valence-electron chi connectivity index (χ0n) is 12.7. The van der Waals surface area contributed by atoms with Gasteiger partial charge in [-0.2, -0.15) is 0 Å². The van der Waals surface area contributed by atoms with E-state index in [0.29, 0.717) is 12.8 Å². The maximum atomic E-state index is 11.3. The molecule has 2 rings (SSSR count). The van der Waals surface area contributed by atoms with E-state index in [2.05, 4.69) is 18.6 Å². The van der Waals surface area contributed by atoms with Crippen LogP contribution in [0.1, 0.15) is 40.5 Å². The summed E-state index contributed by atoms with van der Waals surface area (Å²) in [5.41, 5.74) is -1.13. The molecule has 112 valence electrons. The minimum Gasteiger partial charge on any atom is -0.466 e. The molecule has 1 saturated carbocycles. The Bertz CT molecular complexity index is 467. The lowest BCUT2D eigenvalue weighted by molar-refractivity contribution is -0.149. The summed E-state index contributed by atoms with van der Waals surface area (Å²) in [4.78, 5) is 22.4. The first-order valence-electron chi connectivity index (χ1n) is 6.80. The lowest BCUT2D eigenvalue weighted by Gasteiger charge is -2.40. The molecule has 3 unspecified atom stereocenters. The summed E-state index contributed by atoms with van der Waals surface area (Å²) in [6.45, 7) is 7.54. The van der Waals surface area contributed by atoms with Gasteiger partial charge in [0.1, 0.15) is 17.3 Å². The first-order chi connectivity index (χ1) is 9.16. The van der Waals surface area contributed by atoms with E-state index in [9.17, 15) is 9.59 Å². The van der Waals surface area contributed by atoms with Gasteiger partial charge in [0.2, 0.25) is 0 Å². The number of rotatable bonds is 3. The molecular formula is C15H22O5. The van der Waals surface area contributed by atoms with Crippen molar-refractivity contribution in [3.63, 3.8) is 0 Å². The molecule has 0 radical (unpaired) electrons. The van der Waals surface area contributed by atoms with Crippen LogP contribution in [0.4, 0.5) is 0 Å². The van der Waals surface area contributed by atoms with E-state index < -0.39 is 17.2 Å². The lowest BCUT2D eigenvalue weighted by Crippen LogP contribution is -2.47. The van der Waals surface area contributed by atoms with Crippen molar-refractivity contribution in [3.05, 3.63) is 12.2 Å². The van der Waals surface area contributed by atoms with E-state index in [1.54, 1.807) is 6.08 Å². The third kappa shape index (κ3) is 2.24. The van der Waals surface area contributed by atoms with Gasteiger partial charge in [-0.25, -0.2) is 4.79 Å². The average Bonchev–Trinajstić information content (AvgIpc) is 2.91. The summed E-state index contributed by atoms with van der Waals surface area (Å²) in [5, 5.41) is 0. The van der Waals surface area contributed by atoms with Crippen molar-refractivity contribution in [1.29, 1.82) is 0 Å². The van der Waals surface area contributed by atoms with E-state index in [0.717, 1.165) is 0 Å². The van der Waals surface area contributed by atoms with Crippen molar-refractivity contribution < 1.29 is 23.8 Å². The fourth-order valence-electron chi connectivity index (χ4n) is 3.61. The van der Waals surface area contributed by atoms with Crippen molar-refractivity contribution in [2.75, 3.05) is 7.11 Å². The van der Waals surface area contributed by atoms with Gasteiger partial charge in [0.15, 0.2) is 0 Å². The SMILES string of the molecule is COC(=O)/C=C/C12OC1(C)CC(OC(C)=O)CC2(C)C. The first-order valence-corrected chi connectivity index (χ1v) is 6.80. The first kappa shape index (κ1) is 15.0. The molecule has 5 heteroatoms. The third-order valence-corrected chi connectivity index (χ3v) is 4.48. The molecule has 0 aromatic heterocycles. The fourth-order valence-corrected chi connectivity index (χ4v) is 3.61. The summed E-state index contributed by atoms with van der Waals surface area (Å²) in [6, 6.07) is 0. The van der Waals surface area contributed by atoms with Crippen LogP contribution in [0.2, 0.25) is 0 Å². The second kappa shape index (κ2) is 4.58. The maximum absolute atomic E-state index is 11.3. The van der Waals surface area contributed by atoms with Crippen LogP contribution in [0.15, 0.2) is 12.2 Å². The van der Waals surface area contributed by atoms with Crippen LogP contribution in [0.3, 0.4) is 0 Å². The van der Waals surface area contributed by atoms with Crippen molar-refractivity contribution >= 4 is 11.9 Å². The highest BCUT2D eigenvalue weighted by Crippen LogP contribution is 2.66. The normalized spacial score (nSPS) is 38.1. The Hall–Kier alpha value is -1.36. The highest BCUT2D eigenvalue weighted by molar-refractivity contribution is 5.82. The number of epoxide rings is 1. The van der Waals surface area contributed by atoms with Crippen LogP contribution in [-0.2, 0) is 23.8 Å². The Kier molecular flexibility index (Phi) is 3.45. The summed E-state index contributed by atoms with van der Waals surface area (Å²) in [6.07, 6.45) is 4.41. The Balaban J connectivity index is 2.20. The molecule has 0 spiro atoms. The molecule has 1 heterocycles. The lowest BCUT2D eigenvalue weighted by atomic mass is 9.63. The topological polar surface area (TPSA) is 65.1 Å². The van der Waals surface area contributed by atoms with Crippen LogP contribution in [0, 0.1) is 5.41 Å². The molecule has 0 aromatic carbocycles. The Labute approximate surface area is 119 Å². The van der Waals surface area contributed by atoms with Crippen molar-refractivity contribution in [2.45, 2.75) is 57.8 Å². The van der Waals surface area contributed by atoms with E-state index in [-0.39, 0.29) is 17.5 Å². The molecule has 2 fully saturated rings.